The van der Waals surface area contributed by atoms with E-state index in [9.17, 15) is 9.13 Å². The molecule has 19 heavy (non-hydrogen) atoms. The summed E-state index contributed by atoms with van der Waals surface area (Å²) < 4.78 is 40.7. The second-order valence-corrected chi connectivity index (χ2v) is 9.81. The van der Waals surface area contributed by atoms with Crippen LogP contribution in [0.4, 0.5) is 0 Å². The molecule has 2 rings (SSSR count). The van der Waals surface area contributed by atoms with Crippen molar-refractivity contribution in [3.8, 4) is 0 Å². The molecule has 0 heterocycles. The Labute approximate surface area is 115 Å². The fourth-order valence-electron chi connectivity index (χ4n) is 2.84. The normalized spacial score (nSPS) is 28.3. The minimum Gasteiger partial charge on any atom is -0.305 e. The molecule has 0 bridgehead atoms. The molecule has 7 heteroatoms. The summed E-state index contributed by atoms with van der Waals surface area (Å²) in [5, 5.41) is 0. The van der Waals surface area contributed by atoms with Crippen LogP contribution < -0.4 is 0 Å². The average molecular weight is 310 g/mol. The van der Waals surface area contributed by atoms with Gasteiger partial charge < -0.3 is 9.05 Å². The minimum absolute atomic E-state index is 0.0256. The van der Waals surface area contributed by atoms with E-state index in [1.165, 1.54) is 13.3 Å². The maximum absolute atomic E-state index is 12.3. The van der Waals surface area contributed by atoms with Gasteiger partial charge in [0.2, 0.25) is 0 Å². The highest BCUT2D eigenvalue weighted by molar-refractivity contribution is 7.66. The maximum Gasteiger partial charge on any atom is 0.335 e. The Morgan fingerprint density at radius 1 is 0.737 bits per heavy atom. The lowest BCUT2D eigenvalue weighted by Gasteiger charge is -2.24. The first-order valence-electron chi connectivity index (χ1n) is 7.09. The Kier molecular flexibility index (Phi) is 5.30. The molecule has 0 aromatic carbocycles. The van der Waals surface area contributed by atoms with Crippen LogP contribution in [0.3, 0.4) is 0 Å². The van der Waals surface area contributed by atoms with Crippen molar-refractivity contribution in [3.05, 3.63) is 0 Å². The van der Waals surface area contributed by atoms with Gasteiger partial charge in [0.15, 0.2) is 0 Å². The summed E-state index contributed by atoms with van der Waals surface area (Å²) >= 11 is 0. The molecule has 0 saturated heterocycles. The zero-order valence-electron chi connectivity index (χ0n) is 11.7. The van der Waals surface area contributed by atoms with E-state index < -0.39 is 15.2 Å². The standard InChI is InChI=1S/C12H24O5P2/c1-18(13,15-11-7-3-4-8-11)17-19(2,14)16-12-9-5-6-10-12/h11-12H,3-10H2,1-2H3. The van der Waals surface area contributed by atoms with Gasteiger partial charge in [0.1, 0.15) is 0 Å². The fourth-order valence-corrected chi connectivity index (χ4v) is 6.81. The summed E-state index contributed by atoms with van der Waals surface area (Å²) in [7, 11) is -6.62. The van der Waals surface area contributed by atoms with Crippen molar-refractivity contribution in [2.45, 2.75) is 63.6 Å². The predicted molar refractivity (Wildman–Crippen MR) is 74.8 cm³/mol. The van der Waals surface area contributed by atoms with Gasteiger partial charge >= 0.3 is 15.2 Å². The highest BCUT2D eigenvalue weighted by Gasteiger charge is 2.35. The molecule has 0 amide bonds. The van der Waals surface area contributed by atoms with Gasteiger partial charge in [-0.25, -0.2) is 4.31 Å². The van der Waals surface area contributed by atoms with Crippen LogP contribution >= 0.6 is 15.2 Å². The van der Waals surface area contributed by atoms with E-state index in [0.29, 0.717) is 0 Å². The van der Waals surface area contributed by atoms with Gasteiger partial charge in [-0.15, -0.1) is 0 Å². The van der Waals surface area contributed by atoms with Crippen molar-refractivity contribution < 1.29 is 22.5 Å². The maximum atomic E-state index is 12.3. The zero-order valence-corrected chi connectivity index (χ0v) is 13.5. The van der Waals surface area contributed by atoms with Crippen molar-refractivity contribution in [1.82, 2.24) is 0 Å². The predicted octanol–water partition coefficient (Wildman–Crippen LogP) is 4.57. The van der Waals surface area contributed by atoms with Crippen LogP contribution in [-0.4, -0.2) is 25.5 Å². The average Bonchev–Trinajstić information content (AvgIpc) is 2.87. The van der Waals surface area contributed by atoms with E-state index >= 15 is 0 Å². The van der Waals surface area contributed by atoms with Crippen molar-refractivity contribution in [1.29, 1.82) is 0 Å². The lowest BCUT2D eigenvalue weighted by Crippen LogP contribution is -2.09. The van der Waals surface area contributed by atoms with E-state index in [0.717, 1.165) is 51.4 Å². The first kappa shape index (κ1) is 15.7. The minimum atomic E-state index is -3.31. The Hall–Kier alpha value is 0.340. The van der Waals surface area contributed by atoms with Crippen molar-refractivity contribution in [2.75, 3.05) is 13.3 Å². The van der Waals surface area contributed by atoms with Gasteiger partial charge in [-0.2, -0.15) is 0 Å². The Morgan fingerprint density at radius 2 is 1.05 bits per heavy atom. The first-order chi connectivity index (χ1) is 8.86. The Bertz CT molecular complexity index is 350. The lowest BCUT2D eigenvalue weighted by atomic mass is 10.3. The second-order valence-electron chi connectivity index (χ2n) is 5.65. The molecule has 2 unspecified atom stereocenters. The molecule has 2 fully saturated rings. The fraction of sp³-hybridized carbons (Fsp3) is 1.00. The molecule has 5 nitrogen and oxygen atoms in total. The number of hydrogen-bond donors (Lipinski definition) is 0. The summed E-state index contributed by atoms with van der Waals surface area (Å²) in [5.74, 6) is 0. The molecular formula is C12H24O5P2. The van der Waals surface area contributed by atoms with Crippen LogP contribution in [0.25, 0.3) is 0 Å². The van der Waals surface area contributed by atoms with Gasteiger partial charge in [0.25, 0.3) is 0 Å². The molecule has 2 aliphatic carbocycles. The van der Waals surface area contributed by atoms with E-state index in [1.54, 1.807) is 0 Å². The SMILES string of the molecule is CP(=O)(OC1CCCC1)OP(C)(=O)OC1CCCC1. The molecule has 0 aliphatic heterocycles. The second kappa shape index (κ2) is 6.41. The third-order valence-corrected chi connectivity index (χ3v) is 7.32. The molecule has 0 spiro atoms. The van der Waals surface area contributed by atoms with E-state index in [1.807, 2.05) is 0 Å². The van der Waals surface area contributed by atoms with E-state index in [-0.39, 0.29) is 12.2 Å². The number of rotatable bonds is 6. The van der Waals surface area contributed by atoms with E-state index in [4.69, 9.17) is 13.4 Å². The van der Waals surface area contributed by atoms with Crippen molar-refractivity contribution in [2.24, 2.45) is 0 Å². The Balaban J connectivity index is 1.85. The van der Waals surface area contributed by atoms with Gasteiger partial charge in [-0.3, -0.25) is 9.13 Å². The summed E-state index contributed by atoms with van der Waals surface area (Å²) in [6.45, 7) is 2.78. The van der Waals surface area contributed by atoms with Crippen LogP contribution in [0.15, 0.2) is 0 Å². The third-order valence-electron chi connectivity index (χ3n) is 3.58. The Morgan fingerprint density at radius 3 is 1.37 bits per heavy atom. The molecule has 0 aromatic rings. The van der Waals surface area contributed by atoms with Crippen LogP contribution in [0, 0.1) is 0 Å². The van der Waals surface area contributed by atoms with Gasteiger partial charge in [-0.05, 0) is 25.7 Å². The quantitative estimate of drug-likeness (QED) is 0.673. The molecular weight excluding hydrogens is 286 g/mol. The van der Waals surface area contributed by atoms with Gasteiger partial charge in [0, 0.05) is 13.3 Å². The summed E-state index contributed by atoms with van der Waals surface area (Å²) in [4.78, 5) is 0. The molecule has 0 aromatic heterocycles. The highest BCUT2D eigenvalue weighted by Crippen LogP contribution is 2.63. The van der Waals surface area contributed by atoms with Crippen LogP contribution in [0.5, 0.6) is 0 Å². The topological polar surface area (TPSA) is 61.8 Å². The third kappa shape index (κ3) is 5.32. The van der Waals surface area contributed by atoms with Crippen molar-refractivity contribution in [3.63, 3.8) is 0 Å². The molecule has 2 aliphatic rings. The lowest BCUT2D eigenvalue weighted by molar-refractivity contribution is 0.158. The molecule has 0 radical (unpaired) electrons. The summed E-state index contributed by atoms with van der Waals surface area (Å²) in [6.07, 6.45) is 7.92. The number of hydrogen-bond acceptors (Lipinski definition) is 5. The monoisotopic (exact) mass is 310 g/mol. The summed E-state index contributed by atoms with van der Waals surface area (Å²) in [6, 6.07) is 0. The molecule has 2 atom stereocenters. The van der Waals surface area contributed by atoms with Gasteiger partial charge in [-0.1, -0.05) is 25.7 Å². The van der Waals surface area contributed by atoms with E-state index in [2.05, 4.69) is 0 Å². The van der Waals surface area contributed by atoms with Crippen LogP contribution in [-0.2, 0) is 22.5 Å². The van der Waals surface area contributed by atoms with Gasteiger partial charge in [0.05, 0.1) is 12.2 Å². The first-order valence-corrected chi connectivity index (χ1v) is 11.1. The van der Waals surface area contributed by atoms with Crippen molar-refractivity contribution >= 4 is 15.2 Å². The van der Waals surface area contributed by atoms with Crippen LogP contribution in [0.1, 0.15) is 51.4 Å². The molecule has 0 N–H and O–H groups in total. The zero-order chi connectivity index (χ0) is 13.9. The van der Waals surface area contributed by atoms with Crippen LogP contribution in [0.2, 0.25) is 0 Å². The smallest absolute Gasteiger partial charge is 0.305 e. The molecule has 112 valence electrons. The molecule has 2 saturated carbocycles. The highest BCUT2D eigenvalue weighted by atomic mass is 31.3. The largest absolute Gasteiger partial charge is 0.335 e. The summed E-state index contributed by atoms with van der Waals surface area (Å²) in [5.41, 5.74) is 0.